The summed E-state index contributed by atoms with van der Waals surface area (Å²) < 4.78 is 36.6. The number of methoxy groups -OCH3 is 1. The first-order valence-electron chi connectivity index (χ1n) is 9.35. The fourth-order valence-electron chi connectivity index (χ4n) is 3.46. The molecule has 30 heavy (non-hydrogen) atoms. The maximum absolute atomic E-state index is 14.1. The van der Waals surface area contributed by atoms with Crippen LogP contribution >= 0.6 is 11.9 Å². The highest BCUT2D eigenvalue weighted by molar-refractivity contribution is 8.00. The van der Waals surface area contributed by atoms with Crippen molar-refractivity contribution >= 4 is 23.5 Å². The highest BCUT2D eigenvalue weighted by atomic mass is 32.2. The SMILES string of the molecule is COc1cccc(F)c1CNC(=O)c1cc(SN2CCc3c2cnn3F)c(C)n1C. The van der Waals surface area contributed by atoms with Gasteiger partial charge in [0.1, 0.15) is 23.0 Å². The van der Waals surface area contributed by atoms with Crippen molar-refractivity contribution in [2.24, 2.45) is 7.05 Å². The summed E-state index contributed by atoms with van der Waals surface area (Å²) in [5.41, 5.74) is 2.93. The van der Waals surface area contributed by atoms with Crippen LogP contribution in [0.4, 0.5) is 14.6 Å². The van der Waals surface area contributed by atoms with Crippen LogP contribution in [-0.4, -0.2) is 34.1 Å². The first kappa shape index (κ1) is 20.3. The minimum absolute atomic E-state index is 0.00650. The first-order chi connectivity index (χ1) is 14.4. The van der Waals surface area contributed by atoms with Crippen LogP contribution in [0.25, 0.3) is 0 Å². The standard InChI is InChI=1S/C20H21F2N5O2S/c1-12-19(30-26-8-7-15-17(26)11-24-27(15)22)9-16(25(12)2)20(28)23-10-13-14(21)5-4-6-18(13)29-3/h4-6,9,11H,7-8,10H2,1-3H3,(H,23,28). The first-order valence-corrected chi connectivity index (χ1v) is 10.1. The Labute approximate surface area is 176 Å². The number of fused-ring (bicyclic) bond motifs is 1. The van der Waals surface area contributed by atoms with Gasteiger partial charge in [-0.2, -0.15) is 0 Å². The Bertz CT molecular complexity index is 1110. The summed E-state index contributed by atoms with van der Waals surface area (Å²) >= 11 is 1.44. The van der Waals surface area contributed by atoms with E-state index >= 15 is 0 Å². The Morgan fingerprint density at radius 2 is 2.20 bits per heavy atom. The lowest BCUT2D eigenvalue weighted by Gasteiger charge is -2.15. The number of halogens is 2. The molecule has 7 nitrogen and oxygen atoms in total. The van der Waals surface area contributed by atoms with Crippen LogP contribution in [0.2, 0.25) is 0 Å². The number of nitrogens with one attached hydrogen (secondary N) is 1. The molecule has 0 fully saturated rings. The minimum Gasteiger partial charge on any atom is -0.496 e. The zero-order chi connectivity index (χ0) is 21.4. The Morgan fingerprint density at radius 3 is 2.97 bits per heavy atom. The predicted molar refractivity (Wildman–Crippen MR) is 110 cm³/mol. The molecule has 0 saturated heterocycles. The van der Waals surface area contributed by atoms with Crippen molar-refractivity contribution in [2.75, 3.05) is 18.0 Å². The van der Waals surface area contributed by atoms with E-state index in [0.29, 0.717) is 40.6 Å². The maximum Gasteiger partial charge on any atom is 0.268 e. The number of hydrogen-bond acceptors (Lipinski definition) is 5. The van der Waals surface area contributed by atoms with Crippen molar-refractivity contribution in [2.45, 2.75) is 24.8 Å². The lowest BCUT2D eigenvalue weighted by molar-refractivity contribution is 0.0942. The van der Waals surface area contributed by atoms with E-state index in [1.807, 2.05) is 11.2 Å². The molecule has 0 unspecified atom stereocenters. The Kier molecular flexibility index (Phi) is 5.42. The van der Waals surface area contributed by atoms with E-state index in [0.717, 1.165) is 16.3 Å². The monoisotopic (exact) mass is 433 g/mol. The van der Waals surface area contributed by atoms with Gasteiger partial charge in [-0.05, 0) is 37.1 Å². The fraction of sp³-hybridized carbons (Fsp3) is 0.300. The quantitative estimate of drug-likeness (QED) is 0.604. The normalized spacial score (nSPS) is 12.9. The van der Waals surface area contributed by atoms with Gasteiger partial charge in [0.15, 0.2) is 0 Å². The summed E-state index contributed by atoms with van der Waals surface area (Å²) in [6, 6.07) is 6.32. The molecule has 0 saturated carbocycles. The maximum atomic E-state index is 14.1. The Morgan fingerprint density at radius 1 is 1.40 bits per heavy atom. The van der Waals surface area contributed by atoms with Crippen LogP contribution in [0.3, 0.4) is 0 Å². The molecule has 1 N–H and O–H groups in total. The number of benzene rings is 1. The van der Waals surface area contributed by atoms with Crippen LogP contribution in [0, 0.1) is 12.7 Å². The van der Waals surface area contributed by atoms with E-state index in [9.17, 15) is 13.7 Å². The van der Waals surface area contributed by atoms with Crippen LogP contribution in [0.1, 0.15) is 27.4 Å². The summed E-state index contributed by atoms with van der Waals surface area (Å²) in [6.07, 6.45) is 2.07. The van der Waals surface area contributed by atoms with Crippen molar-refractivity contribution in [1.29, 1.82) is 0 Å². The number of anilines is 1. The van der Waals surface area contributed by atoms with E-state index in [2.05, 4.69) is 10.4 Å². The molecule has 2 aromatic heterocycles. The van der Waals surface area contributed by atoms with E-state index in [-0.39, 0.29) is 12.5 Å². The second kappa shape index (κ2) is 8.02. The van der Waals surface area contributed by atoms with Crippen molar-refractivity contribution < 1.29 is 18.4 Å². The van der Waals surface area contributed by atoms with Crippen molar-refractivity contribution in [1.82, 2.24) is 19.9 Å². The average Bonchev–Trinajstić information content (AvgIpc) is 3.39. The third-order valence-corrected chi connectivity index (χ3v) is 6.48. The molecular weight excluding hydrogens is 412 g/mol. The molecule has 3 aromatic rings. The number of amides is 1. The summed E-state index contributed by atoms with van der Waals surface area (Å²) in [6.45, 7) is 2.58. The highest BCUT2D eigenvalue weighted by Crippen LogP contribution is 2.38. The number of carbonyl (C=O) groups excluding carboxylic acids is 1. The molecule has 158 valence electrons. The van der Waals surface area contributed by atoms with Crippen molar-refractivity contribution in [3.8, 4) is 5.75 Å². The van der Waals surface area contributed by atoms with E-state index < -0.39 is 5.82 Å². The van der Waals surface area contributed by atoms with Crippen molar-refractivity contribution in [3.63, 3.8) is 0 Å². The number of ether oxygens (including phenoxy) is 1. The number of aromatic nitrogens is 3. The zero-order valence-corrected chi connectivity index (χ0v) is 17.6. The highest BCUT2D eigenvalue weighted by Gasteiger charge is 2.27. The van der Waals surface area contributed by atoms with Gasteiger partial charge in [-0.1, -0.05) is 15.5 Å². The molecule has 0 spiro atoms. The van der Waals surface area contributed by atoms with Gasteiger partial charge < -0.3 is 18.9 Å². The zero-order valence-electron chi connectivity index (χ0n) is 16.8. The van der Waals surface area contributed by atoms with E-state index in [1.54, 1.807) is 29.8 Å². The van der Waals surface area contributed by atoms with Gasteiger partial charge in [0.25, 0.3) is 5.91 Å². The summed E-state index contributed by atoms with van der Waals surface area (Å²) in [7, 11) is 3.26. The lowest BCUT2D eigenvalue weighted by atomic mass is 10.2. The van der Waals surface area contributed by atoms with Gasteiger partial charge in [0, 0.05) is 37.8 Å². The van der Waals surface area contributed by atoms with Gasteiger partial charge in [-0.3, -0.25) is 4.79 Å². The summed E-state index contributed by atoms with van der Waals surface area (Å²) in [5.74, 6) is -0.378. The molecule has 0 radical (unpaired) electrons. The smallest absolute Gasteiger partial charge is 0.268 e. The van der Waals surface area contributed by atoms with Crippen LogP contribution in [-0.2, 0) is 20.0 Å². The Hall–Kier alpha value is -3.01. The van der Waals surface area contributed by atoms with E-state index in [1.165, 1.54) is 31.3 Å². The Balaban J connectivity index is 1.50. The molecule has 1 aromatic carbocycles. The molecule has 0 atom stereocenters. The summed E-state index contributed by atoms with van der Waals surface area (Å²) in [5, 5.41) is 6.42. The molecule has 10 heteroatoms. The van der Waals surface area contributed by atoms with Crippen LogP contribution in [0.15, 0.2) is 35.4 Å². The molecule has 4 rings (SSSR count). The number of hydrogen-bond donors (Lipinski definition) is 1. The largest absolute Gasteiger partial charge is 0.496 e. The van der Waals surface area contributed by atoms with Gasteiger partial charge in [0.05, 0.1) is 23.9 Å². The molecule has 0 aliphatic carbocycles. The summed E-state index contributed by atoms with van der Waals surface area (Å²) in [4.78, 5) is 14.1. The average molecular weight is 433 g/mol. The topological polar surface area (TPSA) is 64.3 Å². The molecule has 1 amide bonds. The molecule has 1 aliphatic rings. The lowest BCUT2D eigenvalue weighted by Crippen LogP contribution is -2.25. The predicted octanol–water partition coefficient (Wildman–Crippen LogP) is 3.41. The number of carbonyl (C=O) groups is 1. The van der Waals surface area contributed by atoms with Crippen LogP contribution in [0.5, 0.6) is 5.75 Å². The van der Waals surface area contributed by atoms with Gasteiger partial charge >= 0.3 is 0 Å². The molecule has 1 aliphatic heterocycles. The van der Waals surface area contributed by atoms with E-state index in [4.69, 9.17) is 4.74 Å². The molecular formula is C20H21F2N5O2S. The van der Waals surface area contributed by atoms with Crippen molar-refractivity contribution in [3.05, 3.63) is 58.9 Å². The van der Waals surface area contributed by atoms with Gasteiger partial charge in [0.2, 0.25) is 0 Å². The molecule has 0 bridgehead atoms. The van der Waals surface area contributed by atoms with Gasteiger partial charge in [-0.15, -0.1) is 5.10 Å². The third kappa shape index (κ3) is 3.51. The molecule has 3 heterocycles. The number of nitrogens with zero attached hydrogens (tertiary/aromatic N) is 4. The minimum atomic E-state index is -0.438. The van der Waals surface area contributed by atoms with Crippen LogP contribution < -0.4 is 14.4 Å². The number of rotatable bonds is 6. The third-order valence-electron chi connectivity index (χ3n) is 5.27. The van der Waals surface area contributed by atoms with Gasteiger partial charge in [-0.25, -0.2) is 4.39 Å². The second-order valence-corrected chi connectivity index (χ2v) is 7.98. The second-order valence-electron chi connectivity index (χ2n) is 6.92. The fourth-order valence-corrected chi connectivity index (χ4v) is 4.56.